The van der Waals surface area contributed by atoms with E-state index in [0.717, 1.165) is 41.6 Å². The molecule has 1 aliphatic rings. The second kappa shape index (κ2) is 5.46. The van der Waals surface area contributed by atoms with Crippen LogP contribution in [0.4, 0.5) is 0 Å². The van der Waals surface area contributed by atoms with Crippen LogP contribution in [0.1, 0.15) is 10.4 Å². The number of aromatic nitrogens is 2. The molecule has 2 aromatic rings. The van der Waals surface area contributed by atoms with Crippen molar-refractivity contribution in [3.63, 3.8) is 0 Å². The normalized spacial score (nSPS) is 16.6. The van der Waals surface area contributed by atoms with Crippen molar-refractivity contribution < 1.29 is 4.79 Å². The van der Waals surface area contributed by atoms with Gasteiger partial charge in [-0.05, 0) is 29.0 Å². The molecule has 1 saturated heterocycles. The molecule has 0 radical (unpaired) electrons. The number of carbonyl (C=O) groups is 1. The number of pyridine rings is 2. The predicted octanol–water partition coefficient (Wildman–Crippen LogP) is 1.78. The molecule has 1 amide bonds. The van der Waals surface area contributed by atoms with Gasteiger partial charge in [0.1, 0.15) is 0 Å². The highest BCUT2D eigenvalue weighted by atomic mass is 79.9. The quantitative estimate of drug-likeness (QED) is 0.797. The van der Waals surface area contributed by atoms with Crippen molar-refractivity contribution in [1.29, 1.82) is 0 Å². The molecule has 3 rings (SSSR count). The third-order valence-electron chi connectivity index (χ3n) is 3.60. The first-order valence-corrected chi connectivity index (χ1v) is 7.31. The van der Waals surface area contributed by atoms with Gasteiger partial charge in [-0.25, -0.2) is 0 Å². The van der Waals surface area contributed by atoms with Crippen LogP contribution in [0, 0.1) is 0 Å². The van der Waals surface area contributed by atoms with Gasteiger partial charge in [-0.3, -0.25) is 14.8 Å². The summed E-state index contributed by atoms with van der Waals surface area (Å²) >= 11 is 3.45. The summed E-state index contributed by atoms with van der Waals surface area (Å²) in [5, 5.41) is 0.917. The number of rotatable bonds is 1. The maximum Gasteiger partial charge on any atom is 0.255 e. The Kier molecular flexibility index (Phi) is 3.67. The minimum Gasteiger partial charge on any atom is -0.336 e. The molecule has 0 saturated carbocycles. The molecule has 0 bridgehead atoms. The zero-order valence-electron chi connectivity index (χ0n) is 11.2. The van der Waals surface area contributed by atoms with Gasteiger partial charge in [-0.2, -0.15) is 0 Å². The lowest BCUT2D eigenvalue weighted by molar-refractivity contribution is 0.0664. The molecule has 6 heteroatoms. The molecule has 2 aromatic heterocycles. The second-order valence-corrected chi connectivity index (χ2v) is 5.86. The van der Waals surface area contributed by atoms with E-state index in [1.807, 2.05) is 11.0 Å². The Bertz CT molecular complexity index is 653. The van der Waals surface area contributed by atoms with Gasteiger partial charge in [-0.15, -0.1) is 0 Å². The van der Waals surface area contributed by atoms with Crippen molar-refractivity contribution in [2.75, 3.05) is 33.2 Å². The van der Waals surface area contributed by atoms with Crippen molar-refractivity contribution in [2.24, 2.45) is 0 Å². The lowest BCUT2D eigenvalue weighted by Crippen LogP contribution is -2.47. The molecule has 20 heavy (non-hydrogen) atoms. The molecule has 0 aromatic carbocycles. The third kappa shape index (κ3) is 2.53. The van der Waals surface area contributed by atoms with Crippen LogP contribution in [0.5, 0.6) is 0 Å². The number of amides is 1. The number of fused-ring (bicyclic) bond motifs is 1. The van der Waals surface area contributed by atoms with E-state index in [2.05, 4.69) is 37.8 Å². The molecule has 0 N–H and O–H groups in total. The molecular formula is C14H15BrN4O. The Balaban J connectivity index is 1.90. The number of hydrogen-bond donors (Lipinski definition) is 0. The van der Waals surface area contributed by atoms with E-state index in [9.17, 15) is 4.79 Å². The van der Waals surface area contributed by atoms with Crippen molar-refractivity contribution >= 4 is 32.7 Å². The maximum absolute atomic E-state index is 12.5. The van der Waals surface area contributed by atoms with Gasteiger partial charge in [0.15, 0.2) is 0 Å². The van der Waals surface area contributed by atoms with Crippen LogP contribution < -0.4 is 0 Å². The number of piperazine rings is 1. The highest BCUT2D eigenvalue weighted by Gasteiger charge is 2.21. The van der Waals surface area contributed by atoms with Crippen molar-refractivity contribution in [3.05, 3.63) is 34.7 Å². The van der Waals surface area contributed by atoms with Gasteiger partial charge in [-0.1, -0.05) is 0 Å². The molecule has 0 unspecified atom stereocenters. The zero-order chi connectivity index (χ0) is 14.1. The van der Waals surface area contributed by atoms with Gasteiger partial charge >= 0.3 is 0 Å². The Labute approximate surface area is 125 Å². The molecule has 5 nitrogen and oxygen atoms in total. The molecule has 1 fully saturated rings. The van der Waals surface area contributed by atoms with Crippen molar-refractivity contribution in [1.82, 2.24) is 19.8 Å². The largest absolute Gasteiger partial charge is 0.336 e. The highest BCUT2D eigenvalue weighted by molar-refractivity contribution is 9.10. The van der Waals surface area contributed by atoms with Gasteiger partial charge < -0.3 is 9.80 Å². The lowest BCUT2D eigenvalue weighted by Gasteiger charge is -2.32. The maximum atomic E-state index is 12.5. The summed E-state index contributed by atoms with van der Waals surface area (Å²) in [6, 6.07) is 1.88. The molecule has 0 atom stereocenters. The minimum atomic E-state index is 0.0520. The van der Waals surface area contributed by atoms with Crippen molar-refractivity contribution in [3.8, 4) is 0 Å². The van der Waals surface area contributed by atoms with Gasteiger partial charge in [0.25, 0.3) is 5.91 Å². The topological polar surface area (TPSA) is 49.3 Å². The SMILES string of the molecule is CN1CCN(C(=O)c2cnc3cncc(Br)c3c2)CC1. The van der Waals surface area contributed by atoms with Crippen LogP contribution >= 0.6 is 15.9 Å². The van der Waals surface area contributed by atoms with Gasteiger partial charge in [0.2, 0.25) is 0 Å². The summed E-state index contributed by atoms with van der Waals surface area (Å²) in [5.74, 6) is 0.0520. The van der Waals surface area contributed by atoms with Crippen LogP contribution in [-0.2, 0) is 0 Å². The van der Waals surface area contributed by atoms with E-state index in [1.54, 1.807) is 18.6 Å². The summed E-state index contributed by atoms with van der Waals surface area (Å²) in [4.78, 5) is 25.0. The molecule has 104 valence electrons. The van der Waals surface area contributed by atoms with Gasteiger partial charge in [0, 0.05) is 48.4 Å². The molecular weight excluding hydrogens is 320 g/mol. The monoisotopic (exact) mass is 334 g/mol. The fourth-order valence-corrected chi connectivity index (χ4v) is 2.76. The Hall–Kier alpha value is -1.53. The summed E-state index contributed by atoms with van der Waals surface area (Å²) < 4.78 is 0.857. The fourth-order valence-electron chi connectivity index (χ4n) is 2.32. The van der Waals surface area contributed by atoms with E-state index in [4.69, 9.17) is 0 Å². The second-order valence-electron chi connectivity index (χ2n) is 5.01. The third-order valence-corrected chi connectivity index (χ3v) is 4.23. The molecule has 0 aliphatic carbocycles. The number of hydrogen-bond acceptors (Lipinski definition) is 4. The van der Waals surface area contributed by atoms with E-state index >= 15 is 0 Å². The van der Waals surface area contributed by atoms with E-state index in [0.29, 0.717) is 5.56 Å². The summed E-state index contributed by atoms with van der Waals surface area (Å²) in [6.45, 7) is 3.37. The van der Waals surface area contributed by atoms with Crippen molar-refractivity contribution in [2.45, 2.75) is 0 Å². The number of likely N-dealkylation sites (N-methyl/N-ethyl adjacent to an activating group) is 1. The molecule has 3 heterocycles. The Morgan fingerprint density at radius 3 is 2.70 bits per heavy atom. The first kappa shape index (κ1) is 13.5. The van der Waals surface area contributed by atoms with Crippen LogP contribution in [0.25, 0.3) is 10.9 Å². The Morgan fingerprint density at radius 1 is 1.20 bits per heavy atom. The van der Waals surface area contributed by atoms with Crippen LogP contribution in [0.15, 0.2) is 29.1 Å². The first-order chi connectivity index (χ1) is 9.65. The standard InChI is InChI=1S/C14H15BrN4O/c1-18-2-4-19(5-3-18)14(20)10-6-11-12(15)8-16-9-13(11)17-7-10/h6-9H,2-5H2,1H3. The van der Waals surface area contributed by atoms with Crippen LogP contribution in [0.3, 0.4) is 0 Å². The smallest absolute Gasteiger partial charge is 0.255 e. The lowest BCUT2D eigenvalue weighted by atomic mass is 10.1. The van der Waals surface area contributed by atoms with E-state index < -0.39 is 0 Å². The predicted molar refractivity (Wildman–Crippen MR) is 80.6 cm³/mol. The van der Waals surface area contributed by atoms with Gasteiger partial charge in [0.05, 0.1) is 17.3 Å². The minimum absolute atomic E-state index is 0.0520. The molecule has 1 aliphatic heterocycles. The summed E-state index contributed by atoms with van der Waals surface area (Å²) in [5.41, 5.74) is 1.42. The number of carbonyl (C=O) groups excluding carboxylic acids is 1. The van der Waals surface area contributed by atoms with E-state index in [1.165, 1.54) is 0 Å². The average Bonchev–Trinajstić information content (AvgIpc) is 2.47. The van der Waals surface area contributed by atoms with Crippen LogP contribution in [0.2, 0.25) is 0 Å². The highest BCUT2D eigenvalue weighted by Crippen LogP contribution is 2.22. The first-order valence-electron chi connectivity index (χ1n) is 6.52. The van der Waals surface area contributed by atoms with Crippen LogP contribution in [-0.4, -0.2) is 58.9 Å². The molecule has 0 spiro atoms. The average molecular weight is 335 g/mol. The number of nitrogens with zero attached hydrogens (tertiary/aromatic N) is 4. The summed E-state index contributed by atoms with van der Waals surface area (Å²) in [6.07, 6.45) is 5.05. The number of halogens is 1. The zero-order valence-corrected chi connectivity index (χ0v) is 12.8. The summed E-state index contributed by atoms with van der Waals surface area (Å²) in [7, 11) is 2.07. The van der Waals surface area contributed by atoms with E-state index in [-0.39, 0.29) is 5.91 Å². The Morgan fingerprint density at radius 2 is 1.95 bits per heavy atom. The fraction of sp³-hybridized carbons (Fsp3) is 0.357.